The van der Waals surface area contributed by atoms with E-state index < -0.39 is 0 Å². The highest BCUT2D eigenvalue weighted by Crippen LogP contribution is 2.19. The molecule has 0 N–H and O–H groups in total. The Balaban J connectivity index is 1.55. The van der Waals surface area contributed by atoms with Gasteiger partial charge in [-0.05, 0) is 6.92 Å². The highest BCUT2D eigenvalue weighted by atomic mass is 16.5. The van der Waals surface area contributed by atoms with Crippen LogP contribution in [0.25, 0.3) is 22.3 Å². The maximum absolute atomic E-state index is 5.75. The lowest BCUT2D eigenvalue weighted by Crippen LogP contribution is -2.05. The van der Waals surface area contributed by atoms with Crippen molar-refractivity contribution in [1.29, 1.82) is 0 Å². The fraction of sp³-hybridized carbons (Fsp3) is 0.222. The van der Waals surface area contributed by atoms with E-state index in [0.29, 0.717) is 12.6 Å². The average molecular weight is 334 g/mol. The number of benzene rings is 1. The van der Waals surface area contributed by atoms with Crippen LogP contribution in [0.2, 0.25) is 0 Å². The maximum Gasteiger partial charge on any atom is 0.318 e. The minimum Gasteiger partial charge on any atom is -0.455 e. The Bertz CT molecular complexity index is 1030. The third kappa shape index (κ3) is 2.84. The van der Waals surface area contributed by atoms with E-state index in [1.165, 1.54) is 0 Å². The van der Waals surface area contributed by atoms with Crippen LogP contribution in [0.4, 0.5) is 0 Å². The van der Waals surface area contributed by atoms with E-state index in [0.717, 1.165) is 33.8 Å². The van der Waals surface area contributed by atoms with Crippen molar-refractivity contribution in [3.63, 3.8) is 0 Å². The van der Waals surface area contributed by atoms with Crippen molar-refractivity contribution in [2.24, 2.45) is 14.1 Å². The molecule has 7 heteroatoms. The zero-order valence-electron chi connectivity index (χ0n) is 14.3. The maximum atomic E-state index is 5.75. The predicted octanol–water partition coefficient (Wildman–Crippen LogP) is 2.65. The second kappa shape index (κ2) is 6.01. The number of nitrogens with zero attached hydrogens (tertiary/aromatic N) is 6. The van der Waals surface area contributed by atoms with Gasteiger partial charge < -0.3 is 9.30 Å². The van der Waals surface area contributed by atoms with Gasteiger partial charge in [-0.1, -0.05) is 30.3 Å². The number of aromatic nitrogens is 6. The molecule has 0 bridgehead atoms. The first-order valence-corrected chi connectivity index (χ1v) is 7.98. The summed E-state index contributed by atoms with van der Waals surface area (Å²) in [5.74, 6) is 0.809. The lowest BCUT2D eigenvalue weighted by Gasteiger charge is -2.04. The van der Waals surface area contributed by atoms with Gasteiger partial charge in [-0.15, -0.1) is 0 Å². The molecule has 0 radical (unpaired) electrons. The Morgan fingerprint density at radius 3 is 2.68 bits per heavy atom. The minimum absolute atomic E-state index is 0.297. The molecule has 0 spiro atoms. The van der Waals surface area contributed by atoms with Crippen LogP contribution in [0.15, 0.2) is 42.7 Å². The van der Waals surface area contributed by atoms with Crippen LogP contribution in [-0.4, -0.2) is 29.3 Å². The summed E-state index contributed by atoms with van der Waals surface area (Å²) in [4.78, 5) is 13.3. The molecular weight excluding hydrogens is 316 g/mol. The summed E-state index contributed by atoms with van der Waals surface area (Å²) >= 11 is 0. The van der Waals surface area contributed by atoms with E-state index in [2.05, 4.69) is 20.1 Å². The summed E-state index contributed by atoms with van der Waals surface area (Å²) in [6.45, 7) is 2.23. The molecule has 1 aromatic carbocycles. The number of rotatable bonds is 4. The van der Waals surface area contributed by atoms with Crippen molar-refractivity contribution in [2.75, 3.05) is 0 Å². The Hall–Kier alpha value is -3.22. The molecular formula is C18H18N6O. The lowest BCUT2D eigenvalue weighted by molar-refractivity contribution is 0.269. The van der Waals surface area contributed by atoms with E-state index >= 15 is 0 Å². The molecule has 0 saturated carbocycles. The largest absolute Gasteiger partial charge is 0.455 e. The van der Waals surface area contributed by atoms with Gasteiger partial charge in [-0.2, -0.15) is 10.1 Å². The molecule has 0 aliphatic carbocycles. The van der Waals surface area contributed by atoms with Crippen molar-refractivity contribution in [3.05, 3.63) is 54.2 Å². The van der Waals surface area contributed by atoms with Crippen molar-refractivity contribution < 1.29 is 4.74 Å². The monoisotopic (exact) mass is 334 g/mol. The number of aryl methyl sites for hydroxylation is 3. The topological polar surface area (TPSA) is 70.7 Å². The number of fused-ring (bicyclic) bond motifs is 1. The molecule has 0 atom stereocenters. The fourth-order valence-corrected chi connectivity index (χ4v) is 2.77. The molecule has 3 heterocycles. The van der Waals surface area contributed by atoms with Crippen molar-refractivity contribution in [1.82, 2.24) is 29.3 Å². The summed E-state index contributed by atoms with van der Waals surface area (Å²) in [5, 5.41) is 5.27. The number of hydrogen-bond acceptors (Lipinski definition) is 5. The van der Waals surface area contributed by atoms with Gasteiger partial charge in [0.25, 0.3) is 0 Å². The first-order chi connectivity index (χ1) is 12.1. The third-order valence-electron chi connectivity index (χ3n) is 4.12. The molecule has 7 nitrogen and oxygen atoms in total. The first kappa shape index (κ1) is 15.3. The Morgan fingerprint density at radius 2 is 1.88 bits per heavy atom. The smallest absolute Gasteiger partial charge is 0.318 e. The van der Waals surface area contributed by atoms with Crippen LogP contribution in [-0.2, 0) is 20.7 Å². The van der Waals surface area contributed by atoms with E-state index in [4.69, 9.17) is 4.74 Å². The Labute approximate surface area is 144 Å². The number of ether oxygens (including phenoxy) is 1. The molecule has 25 heavy (non-hydrogen) atoms. The SMILES string of the molecule is Cc1nn(C)c2nc(OCc3nc(-c4ccccc4)cn3C)ncc12. The van der Waals surface area contributed by atoms with E-state index in [9.17, 15) is 0 Å². The molecule has 3 aromatic heterocycles. The number of imidazole rings is 1. The van der Waals surface area contributed by atoms with Gasteiger partial charge in [0, 0.05) is 32.1 Å². The quantitative estimate of drug-likeness (QED) is 0.574. The van der Waals surface area contributed by atoms with Crippen LogP contribution < -0.4 is 4.74 Å². The minimum atomic E-state index is 0.297. The van der Waals surface area contributed by atoms with Crippen LogP contribution in [0, 0.1) is 6.92 Å². The van der Waals surface area contributed by atoms with E-state index in [1.807, 2.05) is 62.1 Å². The summed E-state index contributed by atoms with van der Waals surface area (Å²) in [6.07, 6.45) is 3.73. The molecule has 0 amide bonds. The fourth-order valence-electron chi connectivity index (χ4n) is 2.77. The zero-order chi connectivity index (χ0) is 17.4. The molecule has 0 saturated heterocycles. The molecule has 4 aromatic rings. The van der Waals surface area contributed by atoms with Gasteiger partial charge in [0.15, 0.2) is 5.65 Å². The highest BCUT2D eigenvalue weighted by molar-refractivity contribution is 5.77. The highest BCUT2D eigenvalue weighted by Gasteiger charge is 2.11. The Kier molecular flexibility index (Phi) is 3.68. The van der Waals surface area contributed by atoms with Crippen LogP contribution >= 0.6 is 0 Å². The average Bonchev–Trinajstić information content (AvgIpc) is 3.14. The summed E-state index contributed by atoms with van der Waals surface area (Å²) < 4.78 is 9.43. The van der Waals surface area contributed by atoms with Gasteiger partial charge in [-0.3, -0.25) is 0 Å². The molecule has 0 unspecified atom stereocenters. The van der Waals surface area contributed by atoms with Crippen molar-refractivity contribution in [2.45, 2.75) is 13.5 Å². The van der Waals surface area contributed by atoms with Crippen LogP contribution in [0.3, 0.4) is 0 Å². The van der Waals surface area contributed by atoms with E-state index in [-0.39, 0.29) is 0 Å². The number of hydrogen-bond donors (Lipinski definition) is 0. The molecule has 126 valence electrons. The van der Waals surface area contributed by atoms with Gasteiger partial charge >= 0.3 is 6.01 Å². The van der Waals surface area contributed by atoms with Gasteiger partial charge in [0.1, 0.15) is 12.4 Å². The van der Waals surface area contributed by atoms with Gasteiger partial charge in [0.05, 0.1) is 16.8 Å². The van der Waals surface area contributed by atoms with Crippen LogP contribution in [0.5, 0.6) is 6.01 Å². The zero-order valence-corrected chi connectivity index (χ0v) is 14.3. The van der Waals surface area contributed by atoms with E-state index in [1.54, 1.807) is 10.9 Å². The first-order valence-electron chi connectivity index (χ1n) is 7.98. The standard InChI is InChI=1S/C18H18N6O/c1-12-14-9-19-18(21-17(14)24(3)22-12)25-11-16-20-15(10-23(16)2)13-7-5-4-6-8-13/h4-10H,11H2,1-3H3. The van der Waals surface area contributed by atoms with Crippen LogP contribution in [0.1, 0.15) is 11.5 Å². The molecule has 0 fully saturated rings. The summed E-state index contributed by atoms with van der Waals surface area (Å²) in [6, 6.07) is 10.4. The molecule has 0 aliphatic rings. The normalized spacial score (nSPS) is 11.2. The molecule has 0 aliphatic heterocycles. The van der Waals surface area contributed by atoms with Gasteiger partial charge in [-0.25, -0.2) is 14.6 Å². The Morgan fingerprint density at radius 1 is 1.08 bits per heavy atom. The lowest BCUT2D eigenvalue weighted by atomic mass is 10.2. The summed E-state index contributed by atoms with van der Waals surface area (Å²) in [5.41, 5.74) is 3.65. The molecule has 4 rings (SSSR count). The summed E-state index contributed by atoms with van der Waals surface area (Å²) in [7, 11) is 3.81. The predicted molar refractivity (Wildman–Crippen MR) is 94.0 cm³/mol. The second-order valence-electron chi connectivity index (χ2n) is 5.91. The van der Waals surface area contributed by atoms with Crippen molar-refractivity contribution in [3.8, 4) is 17.3 Å². The third-order valence-corrected chi connectivity index (χ3v) is 4.12. The van der Waals surface area contributed by atoms with Gasteiger partial charge in [0.2, 0.25) is 0 Å². The van der Waals surface area contributed by atoms with Crippen molar-refractivity contribution >= 4 is 11.0 Å². The second-order valence-corrected chi connectivity index (χ2v) is 5.91.